The number of para-hydroxylation sites is 1. The van der Waals surface area contributed by atoms with Gasteiger partial charge in [0.15, 0.2) is 0 Å². The second kappa shape index (κ2) is 11.8. The molecule has 1 N–H and O–H groups in total. The van der Waals surface area contributed by atoms with Crippen molar-refractivity contribution < 1.29 is 19.0 Å². The minimum Gasteiger partial charge on any atom is -0.463 e. The van der Waals surface area contributed by atoms with E-state index in [4.69, 9.17) is 37.4 Å². The molecule has 1 aromatic rings. The number of hydrogen-bond acceptors (Lipinski definition) is 5. The first kappa shape index (κ1) is 21.5. The van der Waals surface area contributed by atoms with Gasteiger partial charge in [-0.1, -0.05) is 47.5 Å². The molecule has 0 fully saturated rings. The molecule has 0 atom stereocenters. The Morgan fingerprint density at radius 3 is 2.59 bits per heavy atom. The van der Waals surface area contributed by atoms with Gasteiger partial charge < -0.3 is 19.5 Å². The molecule has 1 aliphatic rings. The van der Waals surface area contributed by atoms with Crippen molar-refractivity contribution in [3.63, 3.8) is 0 Å². The molecule has 0 saturated heterocycles. The number of methoxy groups -OCH3 is 1. The summed E-state index contributed by atoms with van der Waals surface area (Å²) in [6.45, 7) is 1.54. The smallest absolute Gasteiger partial charge is 0.310 e. The number of benzene rings is 1. The zero-order chi connectivity index (χ0) is 19.5. The molecule has 5 nitrogen and oxygen atoms in total. The molecule has 0 bridgehead atoms. The Balaban J connectivity index is 1.99. The molecule has 0 saturated carbocycles. The SMILES string of the molecule is COCCOCCOC(=O)CC1=C(Nc2c(Cl)cccc2Cl)C=CC=CC1. The van der Waals surface area contributed by atoms with Gasteiger partial charge in [0.25, 0.3) is 0 Å². The summed E-state index contributed by atoms with van der Waals surface area (Å²) < 4.78 is 15.4. The van der Waals surface area contributed by atoms with E-state index in [9.17, 15) is 4.79 Å². The number of anilines is 1. The van der Waals surface area contributed by atoms with Crippen molar-refractivity contribution >= 4 is 34.9 Å². The monoisotopic (exact) mass is 411 g/mol. The van der Waals surface area contributed by atoms with Gasteiger partial charge in [-0.2, -0.15) is 0 Å². The van der Waals surface area contributed by atoms with Crippen LogP contribution in [0.3, 0.4) is 0 Å². The predicted octanol–water partition coefficient (Wildman–Crippen LogP) is 4.77. The number of carbonyl (C=O) groups excluding carboxylic acids is 1. The molecule has 1 aromatic carbocycles. The van der Waals surface area contributed by atoms with Crippen LogP contribution in [-0.2, 0) is 19.0 Å². The molecule has 0 radical (unpaired) electrons. The number of halogens is 2. The fraction of sp³-hybridized carbons (Fsp3) is 0.350. The van der Waals surface area contributed by atoms with Gasteiger partial charge in [-0.25, -0.2) is 0 Å². The van der Waals surface area contributed by atoms with Crippen LogP contribution in [-0.4, -0.2) is 39.5 Å². The van der Waals surface area contributed by atoms with E-state index in [1.807, 2.05) is 24.3 Å². The minimum absolute atomic E-state index is 0.164. The number of hydrogen-bond donors (Lipinski definition) is 1. The maximum atomic E-state index is 12.2. The van der Waals surface area contributed by atoms with Crippen molar-refractivity contribution in [1.29, 1.82) is 0 Å². The van der Waals surface area contributed by atoms with Gasteiger partial charge in [-0.05, 0) is 30.2 Å². The van der Waals surface area contributed by atoms with Gasteiger partial charge in [0.1, 0.15) is 6.61 Å². The number of nitrogens with one attached hydrogen (secondary N) is 1. The highest BCUT2D eigenvalue weighted by Gasteiger charge is 2.14. The fourth-order valence-corrected chi connectivity index (χ4v) is 2.89. The Morgan fingerprint density at radius 2 is 1.85 bits per heavy atom. The number of ether oxygens (including phenoxy) is 3. The number of carbonyl (C=O) groups is 1. The van der Waals surface area contributed by atoms with Crippen LogP contribution in [0.15, 0.2) is 53.8 Å². The van der Waals surface area contributed by atoms with E-state index >= 15 is 0 Å². The van der Waals surface area contributed by atoms with E-state index in [1.54, 1.807) is 25.3 Å². The molecule has 0 unspecified atom stereocenters. The van der Waals surface area contributed by atoms with Crippen LogP contribution in [0.4, 0.5) is 5.69 Å². The Bertz CT molecular complexity index is 708. The summed E-state index contributed by atoms with van der Waals surface area (Å²) in [4.78, 5) is 12.2. The highest BCUT2D eigenvalue weighted by molar-refractivity contribution is 6.39. The lowest BCUT2D eigenvalue weighted by Gasteiger charge is -2.15. The highest BCUT2D eigenvalue weighted by atomic mass is 35.5. The standard InChI is InChI=1S/C20H23Cl2NO4/c1-25-10-11-26-12-13-27-19(24)14-15-6-3-2-4-9-18(15)23-20-16(21)7-5-8-17(20)22/h2-5,7-9,23H,6,10-14H2,1H3. The molecule has 2 rings (SSSR count). The van der Waals surface area contributed by atoms with E-state index in [0.717, 1.165) is 11.3 Å². The molecule has 0 amide bonds. The van der Waals surface area contributed by atoms with Gasteiger partial charge in [-0.15, -0.1) is 0 Å². The number of allylic oxidation sites excluding steroid dienone is 4. The summed E-state index contributed by atoms with van der Waals surface area (Å²) in [6.07, 6.45) is 8.48. The first-order chi connectivity index (χ1) is 13.1. The lowest BCUT2D eigenvalue weighted by Crippen LogP contribution is -2.14. The zero-order valence-corrected chi connectivity index (χ0v) is 16.7. The van der Waals surface area contributed by atoms with Crippen LogP contribution in [0.2, 0.25) is 10.0 Å². The van der Waals surface area contributed by atoms with E-state index in [1.165, 1.54) is 0 Å². The van der Waals surface area contributed by atoms with Gasteiger partial charge in [0, 0.05) is 12.8 Å². The van der Waals surface area contributed by atoms with E-state index in [-0.39, 0.29) is 19.0 Å². The van der Waals surface area contributed by atoms with Crippen molar-refractivity contribution in [3.8, 4) is 0 Å². The molecule has 146 valence electrons. The lowest BCUT2D eigenvalue weighted by atomic mass is 10.1. The van der Waals surface area contributed by atoms with Crippen molar-refractivity contribution in [1.82, 2.24) is 0 Å². The summed E-state index contributed by atoms with van der Waals surface area (Å²) in [5.41, 5.74) is 2.28. The topological polar surface area (TPSA) is 56.8 Å². The molecular formula is C20H23Cl2NO4. The molecule has 7 heteroatoms. The average molecular weight is 412 g/mol. The number of rotatable bonds is 10. The molecule has 0 heterocycles. The van der Waals surface area contributed by atoms with Crippen LogP contribution >= 0.6 is 23.2 Å². The van der Waals surface area contributed by atoms with Gasteiger partial charge in [-0.3, -0.25) is 4.79 Å². The molecule has 0 spiro atoms. The third-order valence-electron chi connectivity index (χ3n) is 3.76. The van der Waals surface area contributed by atoms with E-state index < -0.39 is 0 Å². The average Bonchev–Trinajstić information content (AvgIpc) is 2.86. The Hall–Kier alpha value is -1.79. The largest absolute Gasteiger partial charge is 0.463 e. The fourth-order valence-electron chi connectivity index (χ4n) is 2.40. The molecule has 1 aliphatic carbocycles. The summed E-state index contributed by atoms with van der Waals surface area (Å²) in [6, 6.07) is 5.29. The summed E-state index contributed by atoms with van der Waals surface area (Å²) in [7, 11) is 1.61. The highest BCUT2D eigenvalue weighted by Crippen LogP contribution is 2.32. The van der Waals surface area contributed by atoms with Gasteiger partial charge in [0.05, 0.1) is 42.0 Å². The van der Waals surface area contributed by atoms with Crippen LogP contribution in [0, 0.1) is 0 Å². The Kier molecular flexibility index (Phi) is 9.42. The molecule has 27 heavy (non-hydrogen) atoms. The Labute approximate surface area is 169 Å². The van der Waals surface area contributed by atoms with Gasteiger partial charge in [0.2, 0.25) is 0 Å². The third kappa shape index (κ3) is 7.39. The Morgan fingerprint density at radius 1 is 1.11 bits per heavy atom. The van der Waals surface area contributed by atoms with Crippen LogP contribution in [0.5, 0.6) is 0 Å². The van der Waals surface area contributed by atoms with E-state index in [0.29, 0.717) is 42.0 Å². The van der Waals surface area contributed by atoms with Crippen LogP contribution < -0.4 is 5.32 Å². The van der Waals surface area contributed by atoms with Crippen LogP contribution in [0.25, 0.3) is 0 Å². The van der Waals surface area contributed by atoms with Crippen molar-refractivity contribution in [2.75, 3.05) is 38.9 Å². The maximum absolute atomic E-state index is 12.2. The second-order valence-corrected chi connectivity index (χ2v) is 6.55. The van der Waals surface area contributed by atoms with Gasteiger partial charge >= 0.3 is 5.97 Å². The predicted molar refractivity (Wildman–Crippen MR) is 108 cm³/mol. The lowest BCUT2D eigenvalue weighted by molar-refractivity contribution is -0.144. The first-order valence-corrected chi connectivity index (χ1v) is 9.36. The molecule has 0 aromatic heterocycles. The maximum Gasteiger partial charge on any atom is 0.310 e. The van der Waals surface area contributed by atoms with Crippen molar-refractivity contribution in [2.45, 2.75) is 12.8 Å². The normalized spacial score (nSPS) is 13.6. The summed E-state index contributed by atoms with van der Waals surface area (Å²) in [5, 5.41) is 4.27. The molecular weight excluding hydrogens is 389 g/mol. The minimum atomic E-state index is -0.311. The second-order valence-electron chi connectivity index (χ2n) is 5.73. The molecule has 0 aliphatic heterocycles. The zero-order valence-electron chi connectivity index (χ0n) is 15.2. The summed E-state index contributed by atoms with van der Waals surface area (Å²) >= 11 is 12.5. The van der Waals surface area contributed by atoms with Crippen LogP contribution in [0.1, 0.15) is 12.8 Å². The summed E-state index contributed by atoms with van der Waals surface area (Å²) in [5.74, 6) is -0.311. The van der Waals surface area contributed by atoms with Crippen molar-refractivity contribution in [2.24, 2.45) is 0 Å². The first-order valence-electron chi connectivity index (χ1n) is 8.60. The quantitative estimate of drug-likeness (QED) is 0.443. The third-order valence-corrected chi connectivity index (χ3v) is 4.39. The number of esters is 1. The van der Waals surface area contributed by atoms with E-state index in [2.05, 4.69) is 5.32 Å². The van der Waals surface area contributed by atoms with Crippen molar-refractivity contribution in [3.05, 3.63) is 63.8 Å².